The van der Waals surface area contributed by atoms with Crippen LogP contribution in [0.15, 0.2) is 0 Å². The van der Waals surface area contributed by atoms with Crippen LogP contribution in [0.2, 0.25) is 0 Å². The molecule has 0 aromatic carbocycles. The molecule has 4 nitrogen and oxygen atoms in total. The summed E-state index contributed by atoms with van der Waals surface area (Å²) in [4.78, 5) is 14.1. The maximum atomic E-state index is 11.7. The van der Waals surface area contributed by atoms with Crippen molar-refractivity contribution < 1.29 is 4.79 Å². The smallest absolute Gasteiger partial charge is 0.315 e. The quantitative estimate of drug-likeness (QED) is 0.788. The van der Waals surface area contributed by atoms with Gasteiger partial charge in [0.05, 0.1) is 0 Å². The van der Waals surface area contributed by atoms with Gasteiger partial charge in [-0.1, -0.05) is 25.7 Å². The summed E-state index contributed by atoms with van der Waals surface area (Å²) in [5, 5.41) is 6.03. The summed E-state index contributed by atoms with van der Waals surface area (Å²) < 4.78 is 0. The molecule has 18 heavy (non-hydrogen) atoms. The number of carbonyl (C=O) groups is 1. The van der Waals surface area contributed by atoms with E-state index in [1.165, 1.54) is 38.5 Å². The number of amides is 2. The highest BCUT2D eigenvalue weighted by molar-refractivity contribution is 5.74. The van der Waals surface area contributed by atoms with Crippen molar-refractivity contribution in [3.05, 3.63) is 0 Å². The summed E-state index contributed by atoms with van der Waals surface area (Å²) in [6.07, 6.45) is 10.2. The van der Waals surface area contributed by atoms with Gasteiger partial charge in [0.2, 0.25) is 0 Å². The Morgan fingerprint density at radius 3 is 2.39 bits per heavy atom. The third-order valence-corrected chi connectivity index (χ3v) is 4.39. The molecule has 2 fully saturated rings. The van der Waals surface area contributed by atoms with E-state index in [9.17, 15) is 4.79 Å². The van der Waals surface area contributed by atoms with E-state index >= 15 is 0 Å². The Labute approximate surface area is 110 Å². The summed E-state index contributed by atoms with van der Waals surface area (Å²) >= 11 is 0. The van der Waals surface area contributed by atoms with E-state index < -0.39 is 0 Å². The highest BCUT2D eigenvalue weighted by Gasteiger charge is 2.19. The Kier molecular flexibility index (Phi) is 5.29. The van der Waals surface area contributed by atoms with Crippen LogP contribution in [0.5, 0.6) is 0 Å². The molecule has 2 rings (SSSR count). The molecule has 0 bridgehead atoms. The lowest BCUT2D eigenvalue weighted by Crippen LogP contribution is -2.44. The Balaban J connectivity index is 1.55. The lowest BCUT2D eigenvalue weighted by atomic mass is 10.2. The molecule has 0 heterocycles. The molecule has 0 atom stereocenters. The number of urea groups is 1. The van der Waals surface area contributed by atoms with Gasteiger partial charge in [-0.2, -0.15) is 0 Å². The van der Waals surface area contributed by atoms with E-state index in [0.29, 0.717) is 6.04 Å². The first-order valence-corrected chi connectivity index (χ1v) is 7.50. The molecule has 2 aliphatic rings. The van der Waals surface area contributed by atoms with Crippen LogP contribution in [-0.4, -0.2) is 43.2 Å². The first kappa shape index (κ1) is 13.7. The fourth-order valence-electron chi connectivity index (χ4n) is 3.18. The number of nitrogens with one attached hydrogen (secondary N) is 2. The molecule has 2 aliphatic carbocycles. The number of hydrogen-bond acceptors (Lipinski definition) is 2. The minimum Gasteiger partial charge on any atom is -0.337 e. The number of nitrogens with zero attached hydrogens (tertiary/aromatic N) is 1. The van der Waals surface area contributed by atoms with Gasteiger partial charge < -0.3 is 15.5 Å². The molecule has 0 radical (unpaired) electrons. The predicted molar refractivity (Wildman–Crippen MR) is 73.7 cm³/mol. The van der Waals surface area contributed by atoms with Crippen molar-refractivity contribution in [1.82, 2.24) is 15.5 Å². The van der Waals surface area contributed by atoms with Gasteiger partial charge in [0, 0.05) is 25.2 Å². The van der Waals surface area contributed by atoms with Crippen molar-refractivity contribution in [2.24, 2.45) is 0 Å². The Morgan fingerprint density at radius 2 is 1.72 bits per heavy atom. The van der Waals surface area contributed by atoms with Gasteiger partial charge in [0.15, 0.2) is 0 Å². The molecular formula is C14H27N3O. The monoisotopic (exact) mass is 253 g/mol. The van der Waals surface area contributed by atoms with Gasteiger partial charge in [0.25, 0.3) is 0 Å². The van der Waals surface area contributed by atoms with Crippen molar-refractivity contribution in [1.29, 1.82) is 0 Å². The van der Waals surface area contributed by atoms with Crippen LogP contribution < -0.4 is 10.6 Å². The molecule has 0 aromatic heterocycles. The summed E-state index contributed by atoms with van der Waals surface area (Å²) in [7, 11) is 2.17. The third-order valence-electron chi connectivity index (χ3n) is 4.39. The van der Waals surface area contributed by atoms with Crippen molar-refractivity contribution in [2.75, 3.05) is 20.1 Å². The number of carbonyl (C=O) groups excluding carboxylic acids is 1. The van der Waals surface area contributed by atoms with E-state index in [-0.39, 0.29) is 6.03 Å². The lowest BCUT2D eigenvalue weighted by Gasteiger charge is -2.24. The molecule has 2 amide bonds. The van der Waals surface area contributed by atoms with Gasteiger partial charge in [-0.25, -0.2) is 4.79 Å². The van der Waals surface area contributed by atoms with Crippen LogP contribution in [0.3, 0.4) is 0 Å². The third kappa shape index (κ3) is 4.16. The van der Waals surface area contributed by atoms with Gasteiger partial charge in [0.1, 0.15) is 0 Å². The maximum absolute atomic E-state index is 11.7. The molecular weight excluding hydrogens is 226 g/mol. The number of hydrogen-bond donors (Lipinski definition) is 2. The Bertz CT molecular complexity index is 258. The summed E-state index contributed by atoms with van der Waals surface area (Å²) in [6, 6.07) is 1.17. The van der Waals surface area contributed by atoms with E-state index in [4.69, 9.17) is 0 Å². The van der Waals surface area contributed by atoms with Crippen LogP contribution in [0, 0.1) is 0 Å². The van der Waals surface area contributed by atoms with E-state index in [0.717, 1.165) is 32.0 Å². The normalized spacial score (nSPS) is 21.7. The maximum Gasteiger partial charge on any atom is 0.315 e. The van der Waals surface area contributed by atoms with Crippen molar-refractivity contribution in [2.45, 2.75) is 63.5 Å². The fourth-order valence-corrected chi connectivity index (χ4v) is 3.18. The summed E-state index contributed by atoms with van der Waals surface area (Å²) in [5.41, 5.74) is 0. The van der Waals surface area contributed by atoms with Gasteiger partial charge >= 0.3 is 6.03 Å². The first-order valence-electron chi connectivity index (χ1n) is 7.50. The zero-order valence-electron chi connectivity index (χ0n) is 11.6. The average molecular weight is 253 g/mol. The summed E-state index contributed by atoms with van der Waals surface area (Å²) in [5.74, 6) is 0. The minimum atomic E-state index is 0.0155. The zero-order chi connectivity index (χ0) is 12.8. The van der Waals surface area contributed by atoms with Crippen LogP contribution in [-0.2, 0) is 0 Å². The molecule has 4 heteroatoms. The largest absolute Gasteiger partial charge is 0.337 e. The van der Waals surface area contributed by atoms with Crippen molar-refractivity contribution in [3.63, 3.8) is 0 Å². The number of rotatable bonds is 5. The second-order valence-electron chi connectivity index (χ2n) is 5.80. The zero-order valence-corrected chi connectivity index (χ0v) is 11.6. The van der Waals surface area contributed by atoms with Crippen LogP contribution in [0.4, 0.5) is 4.79 Å². The highest BCUT2D eigenvalue weighted by atomic mass is 16.2. The van der Waals surface area contributed by atoms with Gasteiger partial charge in [-0.05, 0) is 32.7 Å². The molecule has 104 valence electrons. The van der Waals surface area contributed by atoms with Crippen LogP contribution >= 0.6 is 0 Å². The van der Waals surface area contributed by atoms with Crippen LogP contribution in [0.25, 0.3) is 0 Å². The molecule has 0 aromatic rings. The molecule has 0 spiro atoms. The Hall–Kier alpha value is -0.770. The molecule has 0 aliphatic heterocycles. The SMILES string of the molecule is CN(CCNC(=O)NC1CCCC1)C1CCCC1. The van der Waals surface area contributed by atoms with E-state index in [1.807, 2.05) is 0 Å². The fraction of sp³-hybridized carbons (Fsp3) is 0.929. The van der Waals surface area contributed by atoms with Crippen LogP contribution in [0.1, 0.15) is 51.4 Å². The first-order chi connectivity index (χ1) is 8.75. The molecule has 2 saturated carbocycles. The van der Waals surface area contributed by atoms with E-state index in [1.54, 1.807) is 0 Å². The van der Waals surface area contributed by atoms with Crippen molar-refractivity contribution in [3.8, 4) is 0 Å². The molecule has 2 N–H and O–H groups in total. The lowest BCUT2D eigenvalue weighted by molar-refractivity contribution is 0.226. The standard InChI is InChI=1S/C14H27N3O/c1-17(13-8-4-5-9-13)11-10-15-14(18)16-12-6-2-3-7-12/h12-13H,2-11H2,1H3,(H2,15,16,18). The Morgan fingerprint density at radius 1 is 1.11 bits per heavy atom. The highest BCUT2D eigenvalue weighted by Crippen LogP contribution is 2.21. The molecule has 0 saturated heterocycles. The predicted octanol–water partition coefficient (Wildman–Crippen LogP) is 2.10. The average Bonchev–Trinajstić information content (AvgIpc) is 3.00. The van der Waals surface area contributed by atoms with Gasteiger partial charge in [-0.15, -0.1) is 0 Å². The van der Waals surface area contributed by atoms with E-state index in [2.05, 4.69) is 22.6 Å². The topological polar surface area (TPSA) is 44.4 Å². The number of likely N-dealkylation sites (N-methyl/N-ethyl adjacent to an activating group) is 1. The second-order valence-corrected chi connectivity index (χ2v) is 5.80. The van der Waals surface area contributed by atoms with Crippen molar-refractivity contribution >= 4 is 6.03 Å². The molecule has 0 unspecified atom stereocenters. The summed E-state index contributed by atoms with van der Waals surface area (Å²) in [6.45, 7) is 1.72. The van der Waals surface area contributed by atoms with Gasteiger partial charge in [-0.3, -0.25) is 0 Å². The minimum absolute atomic E-state index is 0.0155. The second kappa shape index (κ2) is 6.98.